The number of rotatable bonds is 8. The van der Waals surface area contributed by atoms with E-state index in [-0.39, 0.29) is 12.4 Å². The Hall–Kier alpha value is -2.88. The number of urea groups is 1. The minimum absolute atomic E-state index is 0.0402. The molecule has 1 aromatic carbocycles. The molecule has 0 saturated heterocycles. The quantitative estimate of drug-likeness (QED) is 0.300. The lowest BCUT2D eigenvalue weighted by Gasteiger charge is -2.47. The Morgan fingerprint density at radius 3 is 2.42 bits per heavy atom. The Bertz CT molecular complexity index is 958. The first-order valence-corrected chi connectivity index (χ1v) is 15.0. The molecule has 0 radical (unpaired) electrons. The number of amides is 2. The molecule has 180 valence electrons. The van der Waals surface area contributed by atoms with E-state index in [1.165, 1.54) is 0 Å². The number of carbonyl (C=O) groups excluding carboxylic acids is 3. The van der Waals surface area contributed by atoms with Crippen LogP contribution in [0.1, 0.15) is 42.7 Å². The highest BCUT2D eigenvalue weighted by atomic mass is 28.3. The van der Waals surface area contributed by atoms with Crippen molar-refractivity contribution in [1.82, 2.24) is 5.43 Å². The van der Waals surface area contributed by atoms with Gasteiger partial charge in [-0.1, -0.05) is 32.6 Å². The molecule has 2 amide bonds. The highest BCUT2D eigenvalue weighted by Gasteiger charge is 2.57. The van der Waals surface area contributed by atoms with Gasteiger partial charge in [-0.05, 0) is 42.1 Å². The first-order valence-electron chi connectivity index (χ1n) is 11.3. The van der Waals surface area contributed by atoms with E-state index in [1.54, 1.807) is 18.2 Å². The van der Waals surface area contributed by atoms with E-state index in [2.05, 4.69) is 30.2 Å². The van der Waals surface area contributed by atoms with Gasteiger partial charge in [-0.15, -0.1) is 0 Å². The number of carbonyl (C=O) groups is 3. The summed E-state index contributed by atoms with van der Waals surface area (Å²) in [6.45, 7) is 9.02. The monoisotopic (exact) mass is 475 g/mol. The summed E-state index contributed by atoms with van der Waals surface area (Å²) >= 11 is 0. The molecule has 0 aromatic heterocycles. The molecule has 0 heterocycles. The van der Waals surface area contributed by atoms with Crippen LogP contribution in [0.2, 0.25) is 25.7 Å². The van der Waals surface area contributed by atoms with Crippen LogP contribution in [-0.4, -0.2) is 50.1 Å². The Kier molecular flexibility index (Phi) is 7.46. The van der Waals surface area contributed by atoms with Crippen molar-refractivity contribution in [3.05, 3.63) is 29.3 Å². The molecule has 4 unspecified atom stereocenters. The Labute approximate surface area is 194 Å². The molecule has 33 heavy (non-hydrogen) atoms. The second-order valence-corrected chi connectivity index (χ2v) is 15.5. The van der Waals surface area contributed by atoms with Crippen molar-refractivity contribution in [2.24, 2.45) is 22.7 Å². The van der Waals surface area contributed by atoms with E-state index in [0.29, 0.717) is 30.7 Å². The summed E-state index contributed by atoms with van der Waals surface area (Å²) in [5.74, 6) is -3.58. The number of phenolic OH excluding ortho intramolecular Hbond substituents is 1. The summed E-state index contributed by atoms with van der Waals surface area (Å²) in [7, 11) is -1.41. The number of fused-ring (bicyclic) bond motifs is 2. The van der Waals surface area contributed by atoms with Gasteiger partial charge in [0.05, 0.1) is 25.0 Å². The molecular weight excluding hydrogens is 442 g/mol. The SMILES string of the molecule is CCCOC(=O)C1C2C(=NNC(N)=O)CC(c3ccc(O)cc32)C1C(=O)OCC[Si](C)(C)C. The molecule has 1 fully saturated rings. The maximum absolute atomic E-state index is 13.3. The van der Waals surface area contributed by atoms with Crippen LogP contribution < -0.4 is 11.2 Å². The number of aromatic hydroxyl groups is 1. The second-order valence-electron chi connectivity index (χ2n) is 9.88. The Morgan fingerprint density at radius 2 is 1.79 bits per heavy atom. The summed E-state index contributed by atoms with van der Waals surface area (Å²) in [5.41, 5.74) is 9.51. The number of esters is 2. The van der Waals surface area contributed by atoms with Crippen LogP contribution in [0.4, 0.5) is 4.79 Å². The standard InChI is InChI=1S/C23H33N3O6Si/c1-5-8-31-22(29)20-18-15-11-13(27)6-7-14(15)16(12-17(18)25-26-23(24)30)19(20)21(28)32-9-10-33(2,3)4/h6-7,11,16,18-20,27H,5,8-10,12H2,1-4H3,(H3,24,26,30). The third-order valence-electron chi connectivity index (χ3n) is 6.17. The number of benzene rings is 1. The average Bonchev–Trinajstić information content (AvgIpc) is 2.74. The number of hydrogen-bond donors (Lipinski definition) is 3. The maximum Gasteiger partial charge on any atom is 0.332 e. The van der Waals surface area contributed by atoms with Crippen LogP contribution in [0.15, 0.2) is 23.3 Å². The van der Waals surface area contributed by atoms with Crippen molar-refractivity contribution in [2.45, 2.75) is 57.3 Å². The molecule has 4 rings (SSSR count). The summed E-state index contributed by atoms with van der Waals surface area (Å²) in [6.07, 6.45) is 0.994. The molecule has 4 N–H and O–H groups in total. The smallest absolute Gasteiger partial charge is 0.332 e. The third kappa shape index (κ3) is 5.55. The summed E-state index contributed by atoms with van der Waals surface area (Å²) in [6, 6.07) is 4.92. The molecule has 3 aliphatic rings. The van der Waals surface area contributed by atoms with Gasteiger partial charge in [0.2, 0.25) is 0 Å². The van der Waals surface area contributed by atoms with Crippen molar-refractivity contribution >= 4 is 31.8 Å². The zero-order valence-electron chi connectivity index (χ0n) is 19.6. The number of hydrogen-bond acceptors (Lipinski definition) is 7. The number of nitrogens with two attached hydrogens (primary N) is 1. The average molecular weight is 476 g/mol. The normalized spacial score (nSPS) is 24.8. The number of nitrogens with one attached hydrogen (secondary N) is 1. The second kappa shape index (κ2) is 9.94. The molecule has 0 spiro atoms. The number of nitrogens with zero attached hydrogens (tertiary/aromatic N) is 1. The van der Waals surface area contributed by atoms with E-state index in [9.17, 15) is 19.5 Å². The molecule has 3 aliphatic carbocycles. The van der Waals surface area contributed by atoms with Gasteiger partial charge in [0.15, 0.2) is 0 Å². The van der Waals surface area contributed by atoms with Crippen LogP contribution >= 0.6 is 0 Å². The van der Waals surface area contributed by atoms with Gasteiger partial charge in [0.25, 0.3) is 0 Å². The molecule has 2 bridgehead atoms. The number of phenols is 1. The van der Waals surface area contributed by atoms with Crippen molar-refractivity contribution in [3.63, 3.8) is 0 Å². The van der Waals surface area contributed by atoms with E-state index in [4.69, 9.17) is 15.2 Å². The lowest BCUT2D eigenvalue weighted by atomic mass is 9.55. The van der Waals surface area contributed by atoms with Gasteiger partial charge >= 0.3 is 18.0 Å². The van der Waals surface area contributed by atoms with Crippen LogP contribution in [0, 0.1) is 11.8 Å². The maximum atomic E-state index is 13.3. The molecule has 1 saturated carbocycles. The zero-order chi connectivity index (χ0) is 24.3. The number of primary amides is 1. The third-order valence-corrected chi connectivity index (χ3v) is 7.88. The first-order chi connectivity index (χ1) is 15.5. The molecule has 1 aromatic rings. The highest BCUT2D eigenvalue weighted by molar-refractivity contribution is 6.76. The minimum atomic E-state index is -1.41. The Balaban J connectivity index is 2.03. The summed E-state index contributed by atoms with van der Waals surface area (Å²) < 4.78 is 11.1. The van der Waals surface area contributed by atoms with Crippen molar-refractivity contribution in [3.8, 4) is 5.75 Å². The first kappa shape index (κ1) is 24.8. The van der Waals surface area contributed by atoms with Crippen molar-refractivity contribution in [2.75, 3.05) is 13.2 Å². The van der Waals surface area contributed by atoms with E-state index in [1.807, 2.05) is 6.92 Å². The number of ether oxygens (including phenoxy) is 2. The fraction of sp³-hybridized carbons (Fsp3) is 0.565. The molecule has 9 nitrogen and oxygen atoms in total. The predicted octanol–water partition coefficient (Wildman–Crippen LogP) is 3.07. The fourth-order valence-corrected chi connectivity index (χ4v) is 5.39. The van der Waals surface area contributed by atoms with Gasteiger partial charge < -0.3 is 20.3 Å². The predicted molar refractivity (Wildman–Crippen MR) is 126 cm³/mol. The van der Waals surface area contributed by atoms with Crippen LogP contribution in [0.5, 0.6) is 5.75 Å². The van der Waals surface area contributed by atoms with E-state index in [0.717, 1.165) is 11.6 Å². The minimum Gasteiger partial charge on any atom is -0.508 e. The lowest BCUT2D eigenvalue weighted by molar-refractivity contribution is -0.163. The van der Waals surface area contributed by atoms with Crippen LogP contribution in [0.25, 0.3) is 0 Å². The van der Waals surface area contributed by atoms with Crippen molar-refractivity contribution in [1.29, 1.82) is 0 Å². The highest BCUT2D eigenvalue weighted by Crippen LogP contribution is 2.55. The van der Waals surface area contributed by atoms with Gasteiger partial charge in [0.1, 0.15) is 5.75 Å². The number of hydrazone groups is 1. The summed E-state index contributed by atoms with van der Waals surface area (Å²) in [4.78, 5) is 37.8. The van der Waals surface area contributed by atoms with E-state index < -0.39 is 49.7 Å². The van der Waals surface area contributed by atoms with Gasteiger partial charge in [-0.25, -0.2) is 10.2 Å². The molecule has 10 heteroatoms. The largest absolute Gasteiger partial charge is 0.508 e. The van der Waals surface area contributed by atoms with Crippen molar-refractivity contribution < 1.29 is 29.0 Å². The summed E-state index contributed by atoms with van der Waals surface area (Å²) in [5, 5.41) is 14.3. The molecule has 4 atom stereocenters. The fourth-order valence-electron chi connectivity index (χ4n) is 4.68. The van der Waals surface area contributed by atoms with Gasteiger partial charge in [-0.2, -0.15) is 5.10 Å². The topological polar surface area (TPSA) is 140 Å². The van der Waals surface area contributed by atoms with Crippen LogP contribution in [-0.2, 0) is 19.1 Å². The van der Waals surface area contributed by atoms with Crippen LogP contribution in [0.3, 0.4) is 0 Å². The lowest BCUT2D eigenvalue weighted by Crippen LogP contribution is -2.51. The zero-order valence-corrected chi connectivity index (χ0v) is 20.6. The van der Waals surface area contributed by atoms with E-state index >= 15 is 0 Å². The van der Waals surface area contributed by atoms with Gasteiger partial charge in [-0.3, -0.25) is 9.59 Å². The molecule has 0 aliphatic heterocycles. The van der Waals surface area contributed by atoms with Gasteiger partial charge in [0, 0.05) is 25.6 Å². The Morgan fingerprint density at radius 1 is 1.12 bits per heavy atom. The molecular formula is C23H33N3O6Si.